The maximum absolute atomic E-state index is 12.1. The molecule has 1 heterocycles. The third-order valence-corrected chi connectivity index (χ3v) is 4.23. The van der Waals surface area contributed by atoms with E-state index >= 15 is 0 Å². The maximum Gasteiger partial charge on any atom is 0.247 e. The molecular weight excluding hydrogens is 252 g/mol. The molecule has 1 saturated heterocycles. The van der Waals surface area contributed by atoms with E-state index in [0.717, 1.165) is 19.3 Å². The van der Waals surface area contributed by atoms with Crippen LogP contribution in [0.4, 0.5) is 0 Å². The molecule has 1 aliphatic carbocycles. The van der Waals surface area contributed by atoms with E-state index in [9.17, 15) is 13.8 Å². The molecule has 0 aromatic rings. The summed E-state index contributed by atoms with van der Waals surface area (Å²) in [5.74, 6) is 0.494. The van der Waals surface area contributed by atoms with E-state index in [0.29, 0.717) is 5.75 Å². The van der Waals surface area contributed by atoms with Gasteiger partial charge in [0.05, 0.1) is 12.5 Å². The van der Waals surface area contributed by atoms with Crippen LogP contribution in [-0.2, 0) is 20.4 Å². The van der Waals surface area contributed by atoms with E-state index in [2.05, 4.69) is 5.32 Å². The Morgan fingerprint density at radius 2 is 2.11 bits per heavy atom. The topological polar surface area (TPSA) is 66.5 Å². The quantitative estimate of drug-likeness (QED) is 0.692. The molecule has 2 fully saturated rings. The van der Waals surface area contributed by atoms with Crippen molar-refractivity contribution in [2.75, 3.05) is 12.0 Å². The minimum atomic E-state index is -0.812. The highest BCUT2D eigenvalue weighted by atomic mass is 32.2. The van der Waals surface area contributed by atoms with E-state index in [1.807, 2.05) is 6.92 Å². The van der Waals surface area contributed by atoms with Crippen LogP contribution in [0, 0.1) is 0 Å². The molecule has 0 radical (unpaired) electrons. The number of nitrogens with zero attached hydrogens (tertiary/aromatic N) is 1. The summed E-state index contributed by atoms with van der Waals surface area (Å²) < 4.78 is 11.0. The Kier molecular flexibility index (Phi) is 4.17. The van der Waals surface area contributed by atoms with Crippen LogP contribution >= 0.6 is 0 Å². The van der Waals surface area contributed by atoms with Crippen molar-refractivity contribution in [3.63, 3.8) is 0 Å². The zero-order valence-corrected chi connectivity index (χ0v) is 11.7. The first-order chi connectivity index (χ1) is 8.49. The highest BCUT2D eigenvalue weighted by Gasteiger charge is 2.46. The molecule has 2 amide bonds. The Hall–Kier alpha value is -0.750. The fourth-order valence-corrected chi connectivity index (χ4v) is 2.95. The maximum atomic E-state index is 12.1. The van der Waals surface area contributed by atoms with Gasteiger partial charge in [-0.2, -0.15) is 0 Å². The molecule has 102 valence electrons. The summed E-state index contributed by atoms with van der Waals surface area (Å²) in [6, 6.07) is -0.108. The molecule has 2 rings (SSSR count). The van der Waals surface area contributed by atoms with Crippen LogP contribution < -0.4 is 5.32 Å². The van der Waals surface area contributed by atoms with Crippen molar-refractivity contribution in [3.05, 3.63) is 0 Å². The van der Waals surface area contributed by atoms with Gasteiger partial charge in [0.2, 0.25) is 11.8 Å². The third-order valence-electron chi connectivity index (χ3n) is 3.42. The van der Waals surface area contributed by atoms with Crippen molar-refractivity contribution in [3.8, 4) is 0 Å². The predicted octanol–water partition coefficient (Wildman–Crippen LogP) is 0.0230. The lowest BCUT2D eigenvalue weighted by atomic mass is 10.2. The first kappa shape index (κ1) is 13.7. The van der Waals surface area contributed by atoms with Crippen molar-refractivity contribution in [2.24, 2.45) is 0 Å². The summed E-state index contributed by atoms with van der Waals surface area (Å²) in [5.41, 5.74) is 0. The number of hydrogen-bond donors (Lipinski definition) is 1. The second kappa shape index (κ2) is 5.48. The van der Waals surface area contributed by atoms with E-state index in [4.69, 9.17) is 0 Å². The van der Waals surface area contributed by atoms with Gasteiger partial charge in [-0.3, -0.25) is 18.7 Å². The van der Waals surface area contributed by atoms with Crippen molar-refractivity contribution >= 4 is 22.6 Å². The van der Waals surface area contributed by atoms with E-state index < -0.39 is 10.8 Å². The van der Waals surface area contributed by atoms with Gasteiger partial charge in [-0.15, -0.1) is 0 Å². The lowest BCUT2D eigenvalue weighted by molar-refractivity contribution is -0.139. The fourth-order valence-electron chi connectivity index (χ4n) is 2.27. The van der Waals surface area contributed by atoms with E-state index in [1.54, 1.807) is 6.26 Å². The van der Waals surface area contributed by atoms with E-state index in [-0.39, 0.29) is 36.4 Å². The minimum Gasteiger partial charge on any atom is -0.303 e. The van der Waals surface area contributed by atoms with Crippen LogP contribution in [0.2, 0.25) is 0 Å². The highest BCUT2D eigenvalue weighted by Crippen LogP contribution is 2.31. The lowest BCUT2D eigenvalue weighted by Crippen LogP contribution is -2.43. The summed E-state index contributed by atoms with van der Waals surface area (Å²) in [4.78, 5) is 25.2. The smallest absolute Gasteiger partial charge is 0.247 e. The zero-order valence-electron chi connectivity index (χ0n) is 10.8. The number of rotatable bonds is 6. The SMILES string of the molecule is CC(CCS(C)=O)NC1CC(=O)N(C2CC2)C1=O. The monoisotopic (exact) mass is 272 g/mol. The summed E-state index contributed by atoms with van der Waals surface area (Å²) in [5, 5.41) is 3.18. The number of carbonyl (C=O) groups is 2. The van der Waals surface area contributed by atoms with Gasteiger partial charge in [0.15, 0.2) is 0 Å². The molecule has 0 aromatic heterocycles. The van der Waals surface area contributed by atoms with Gasteiger partial charge >= 0.3 is 0 Å². The van der Waals surface area contributed by atoms with Gasteiger partial charge in [0, 0.05) is 34.9 Å². The Labute approximate surface area is 110 Å². The summed E-state index contributed by atoms with van der Waals surface area (Å²) in [6.45, 7) is 1.96. The third kappa shape index (κ3) is 3.17. The average Bonchev–Trinajstić information content (AvgIpc) is 3.06. The van der Waals surface area contributed by atoms with Gasteiger partial charge < -0.3 is 5.32 Å². The van der Waals surface area contributed by atoms with Gasteiger partial charge in [0.1, 0.15) is 0 Å². The molecule has 3 unspecified atom stereocenters. The zero-order chi connectivity index (χ0) is 13.3. The fraction of sp³-hybridized carbons (Fsp3) is 0.833. The first-order valence-electron chi connectivity index (χ1n) is 6.41. The standard InChI is InChI=1S/C12H20N2O3S/c1-8(5-6-18(2)17)13-10-7-11(15)14(12(10)16)9-3-4-9/h8-10,13H,3-7H2,1-2H3. The number of nitrogens with one attached hydrogen (secondary N) is 1. The van der Waals surface area contributed by atoms with Crippen LogP contribution in [0.3, 0.4) is 0 Å². The summed E-state index contributed by atoms with van der Waals surface area (Å²) in [6.07, 6.45) is 4.61. The molecule has 1 aliphatic heterocycles. The summed E-state index contributed by atoms with van der Waals surface area (Å²) >= 11 is 0. The molecule has 0 bridgehead atoms. The van der Waals surface area contributed by atoms with Gasteiger partial charge in [-0.25, -0.2) is 0 Å². The molecule has 0 aromatic carbocycles. The van der Waals surface area contributed by atoms with Crippen molar-refractivity contribution in [2.45, 2.75) is 50.7 Å². The second-order valence-corrected chi connectivity index (χ2v) is 6.78. The molecule has 6 heteroatoms. The van der Waals surface area contributed by atoms with E-state index in [1.165, 1.54) is 4.90 Å². The van der Waals surface area contributed by atoms with Crippen LogP contribution in [0.25, 0.3) is 0 Å². The highest BCUT2D eigenvalue weighted by molar-refractivity contribution is 7.84. The number of amides is 2. The Morgan fingerprint density at radius 3 is 2.67 bits per heavy atom. The van der Waals surface area contributed by atoms with Crippen LogP contribution in [-0.4, -0.2) is 51.1 Å². The Balaban J connectivity index is 1.84. The minimum absolute atomic E-state index is 0.0498. The predicted molar refractivity (Wildman–Crippen MR) is 69.4 cm³/mol. The number of hydrogen-bond acceptors (Lipinski definition) is 4. The van der Waals surface area contributed by atoms with Gasteiger partial charge in [0.25, 0.3) is 0 Å². The number of imide groups is 1. The molecule has 1 N–H and O–H groups in total. The normalized spacial score (nSPS) is 27.7. The lowest BCUT2D eigenvalue weighted by Gasteiger charge is -2.18. The van der Waals surface area contributed by atoms with Crippen molar-refractivity contribution in [1.29, 1.82) is 0 Å². The molecule has 3 atom stereocenters. The van der Waals surface area contributed by atoms with Gasteiger partial charge in [-0.05, 0) is 26.2 Å². The molecule has 18 heavy (non-hydrogen) atoms. The van der Waals surface area contributed by atoms with Crippen molar-refractivity contribution in [1.82, 2.24) is 10.2 Å². The van der Waals surface area contributed by atoms with Crippen LogP contribution in [0.15, 0.2) is 0 Å². The van der Waals surface area contributed by atoms with Crippen LogP contribution in [0.5, 0.6) is 0 Å². The van der Waals surface area contributed by atoms with Crippen molar-refractivity contribution < 1.29 is 13.8 Å². The number of likely N-dealkylation sites (tertiary alicyclic amines) is 1. The second-order valence-electron chi connectivity index (χ2n) is 5.22. The molecule has 5 nitrogen and oxygen atoms in total. The Morgan fingerprint density at radius 1 is 1.44 bits per heavy atom. The molecule has 0 spiro atoms. The van der Waals surface area contributed by atoms with Gasteiger partial charge in [-0.1, -0.05) is 0 Å². The Bertz CT molecular complexity index is 382. The molecule has 1 saturated carbocycles. The summed E-state index contributed by atoms with van der Waals surface area (Å²) in [7, 11) is -0.812. The largest absolute Gasteiger partial charge is 0.303 e. The van der Waals surface area contributed by atoms with Crippen LogP contribution in [0.1, 0.15) is 32.6 Å². The molecular formula is C12H20N2O3S. The number of carbonyl (C=O) groups excluding carboxylic acids is 2. The average molecular weight is 272 g/mol. The first-order valence-corrected chi connectivity index (χ1v) is 8.13. The molecule has 2 aliphatic rings.